The summed E-state index contributed by atoms with van der Waals surface area (Å²) in [6, 6.07) is -0.567. The fraction of sp³-hybridized carbons (Fsp3) is 0.667. The van der Waals surface area contributed by atoms with Gasteiger partial charge in [-0.15, -0.1) is 5.06 Å². The molecule has 9 heteroatoms. The third kappa shape index (κ3) is 4.85. The Morgan fingerprint density at radius 3 is 2.33 bits per heavy atom. The van der Waals surface area contributed by atoms with Crippen LogP contribution in [0.1, 0.15) is 33.1 Å². The van der Waals surface area contributed by atoms with Crippen LogP contribution < -0.4 is 10.5 Å². The van der Waals surface area contributed by atoms with E-state index < -0.39 is 23.8 Å². The van der Waals surface area contributed by atoms with E-state index in [0.717, 1.165) is 0 Å². The Hall–Kier alpha value is -1.90. The summed E-state index contributed by atoms with van der Waals surface area (Å²) < 4.78 is 0. The minimum Gasteiger partial charge on any atom is -0.356 e. The number of nitrogens with one attached hydrogen (secondary N) is 2. The van der Waals surface area contributed by atoms with E-state index in [2.05, 4.69) is 15.4 Å². The molecule has 1 rings (SSSR count). The molecule has 1 aliphatic heterocycles. The highest BCUT2D eigenvalue weighted by atomic mass is 16.7. The van der Waals surface area contributed by atoms with Crippen molar-refractivity contribution in [3.63, 3.8) is 0 Å². The van der Waals surface area contributed by atoms with Gasteiger partial charge in [-0.2, -0.15) is 0 Å². The summed E-state index contributed by atoms with van der Waals surface area (Å²) in [6.45, 7) is 3.67. The lowest BCUT2D eigenvalue weighted by atomic mass is 10.0. The molecule has 114 valence electrons. The third-order valence-electron chi connectivity index (χ3n) is 2.96. The lowest BCUT2D eigenvalue weighted by Gasteiger charge is -2.19. The van der Waals surface area contributed by atoms with Gasteiger partial charge in [0.2, 0.25) is 5.91 Å². The molecule has 0 saturated carbocycles. The van der Waals surface area contributed by atoms with Crippen molar-refractivity contribution < 1.29 is 24.0 Å². The molecule has 0 aliphatic carbocycles. The van der Waals surface area contributed by atoms with Gasteiger partial charge in [0, 0.05) is 19.4 Å². The molecule has 0 bridgehead atoms. The van der Waals surface area contributed by atoms with Gasteiger partial charge in [0.05, 0.1) is 12.5 Å². The Morgan fingerprint density at radius 2 is 1.86 bits per heavy atom. The van der Waals surface area contributed by atoms with Crippen LogP contribution in [0.15, 0.2) is 0 Å². The minimum absolute atomic E-state index is 0.0122. The molecule has 2 radical (unpaired) electrons. The molecule has 0 aromatic rings. The van der Waals surface area contributed by atoms with Crippen molar-refractivity contribution in [1.82, 2.24) is 15.6 Å². The van der Waals surface area contributed by atoms with Crippen molar-refractivity contribution >= 4 is 31.7 Å². The zero-order valence-corrected chi connectivity index (χ0v) is 12.0. The Labute approximate surface area is 123 Å². The van der Waals surface area contributed by atoms with E-state index in [4.69, 9.17) is 7.98 Å². The number of hydroxylamine groups is 2. The van der Waals surface area contributed by atoms with Crippen molar-refractivity contribution in [1.29, 1.82) is 0 Å². The van der Waals surface area contributed by atoms with Crippen LogP contribution in [0.2, 0.25) is 0 Å². The van der Waals surface area contributed by atoms with Gasteiger partial charge in [0.15, 0.2) is 7.98 Å². The topological polar surface area (TPSA) is 105 Å². The third-order valence-corrected chi connectivity index (χ3v) is 2.96. The van der Waals surface area contributed by atoms with E-state index in [-0.39, 0.29) is 37.6 Å². The van der Waals surface area contributed by atoms with Crippen LogP contribution in [0, 0.1) is 5.92 Å². The van der Waals surface area contributed by atoms with E-state index >= 15 is 0 Å². The second-order valence-electron chi connectivity index (χ2n) is 4.97. The summed E-state index contributed by atoms with van der Waals surface area (Å²) in [7, 11) is 5.26. The summed E-state index contributed by atoms with van der Waals surface area (Å²) in [6.07, 6.45) is -0.0691. The second-order valence-corrected chi connectivity index (χ2v) is 4.97. The average Bonchev–Trinajstić information content (AvgIpc) is 2.71. The largest absolute Gasteiger partial charge is 0.356 e. The van der Waals surface area contributed by atoms with Gasteiger partial charge < -0.3 is 15.4 Å². The van der Waals surface area contributed by atoms with Crippen LogP contribution in [-0.2, 0) is 24.0 Å². The van der Waals surface area contributed by atoms with Crippen LogP contribution in [-0.4, -0.2) is 49.3 Å². The number of hydrogen-bond donors (Lipinski definition) is 2. The number of rotatable bonds is 7. The first-order valence-electron chi connectivity index (χ1n) is 6.67. The van der Waals surface area contributed by atoms with E-state index in [1.807, 2.05) is 13.8 Å². The van der Waals surface area contributed by atoms with Gasteiger partial charge in [0.25, 0.3) is 11.8 Å². The molecule has 8 nitrogen and oxygen atoms in total. The zero-order chi connectivity index (χ0) is 16.0. The van der Waals surface area contributed by atoms with Crippen LogP contribution in [0.5, 0.6) is 0 Å². The van der Waals surface area contributed by atoms with Crippen LogP contribution in [0.3, 0.4) is 0 Å². The highest BCUT2D eigenvalue weighted by molar-refractivity contribution is 6.06. The normalized spacial score (nSPS) is 16.2. The minimum atomic E-state index is -0.763. The molecular formula is C12H18BN3O5. The Bertz CT molecular complexity index is 425. The van der Waals surface area contributed by atoms with Crippen molar-refractivity contribution in [3.05, 3.63) is 0 Å². The van der Waals surface area contributed by atoms with Crippen molar-refractivity contribution in [2.24, 2.45) is 5.92 Å². The van der Waals surface area contributed by atoms with Crippen molar-refractivity contribution in [2.75, 3.05) is 6.54 Å². The van der Waals surface area contributed by atoms with Crippen LogP contribution in [0.4, 0.5) is 0 Å². The Kier molecular flexibility index (Phi) is 6.35. The molecule has 1 atom stereocenters. The molecule has 3 amide bonds. The predicted octanol–water partition coefficient (Wildman–Crippen LogP) is -1.20. The van der Waals surface area contributed by atoms with Gasteiger partial charge in [-0.25, -0.2) is 4.79 Å². The summed E-state index contributed by atoms with van der Waals surface area (Å²) in [5, 5.41) is 5.38. The first kappa shape index (κ1) is 17.2. The summed E-state index contributed by atoms with van der Waals surface area (Å²) in [5.74, 6) is -2.19. The number of amides is 3. The molecule has 1 heterocycles. The highest BCUT2D eigenvalue weighted by Crippen LogP contribution is 2.12. The Balaban J connectivity index is 2.32. The van der Waals surface area contributed by atoms with E-state index in [1.165, 1.54) is 0 Å². The molecule has 1 aliphatic rings. The molecule has 0 unspecified atom stereocenters. The average molecular weight is 295 g/mol. The van der Waals surface area contributed by atoms with Crippen molar-refractivity contribution in [3.8, 4) is 0 Å². The number of imide groups is 1. The summed E-state index contributed by atoms with van der Waals surface area (Å²) >= 11 is 0. The lowest BCUT2D eigenvalue weighted by Crippen LogP contribution is -2.47. The smallest absolute Gasteiger partial charge is 0.334 e. The number of carbonyl (C=O) groups excluding carboxylic acids is 4. The van der Waals surface area contributed by atoms with Gasteiger partial charge in [0.1, 0.15) is 0 Å². The molecule has 0 aromatic carbocycles. The fourth-order valence-electron chi connectivity index (χ4n) is 1.77. The lowest BCUT2D eigenvalue weighted by molar-refractivity contribution is -0.197. The highest BCUT2D eigenvalue weighted by Gasteiger charge is 2.32. The number of carbonyl (C=O) groups is 4. The first-order valence-corrected chi connectivity index (χ1v) is 6.67. The fourth-order valence-corrected chi connectivity index (χ4v) is 1.77. The number of nitrogens with zero attached hydrogens (tertiary/aromatic N) is 1. The SMILES string of the molecule is [B]N[C@H](C(=O)NCCC(=O)ON1C(=O)CCC1=O)C(C)C. The second kappa shape index (κ2) is 7.77. The molecular weight excluding hydrogens is 277 g/mol. The van der Waals surface area contributed by atoms with Gasteiger partial charge in [-0.05, 0) is 5.92 Å². The van der Waals surface area contributed by atoms with E-state index in [1.54, 1.807) is 0 Å². The number of hydrogen-bond acceptors (Lipinski definition) is 6. The maximum atomic E-state index is 11.7. The first-order chi connectivity index (χ1) is 9.86. The molecule has 0 aromatic heterocycles. The van der Waals surface area contributed by atoms with Gasteiger partial charge in [-0.3, -0.25) is 14.4 Å². The standard InChI is InChI=1S/C12H18BN3O5/c1-7(2)11(15-13)12(20)14-6-5-10(19)21-16-8(17)3-4-9(16)18/h7,11,15H,3-6H2,1-2H3,(H,14,20)/t11-/m0/s1. The molecule has 1 saturated heterocycles. The quantitative estimate of drug-likeness (QED) is 0.451. The van der Waals surface area contributed by atoms with E-state index in [9.17, 15) is 19.2 Å². The van der Waals surface area contributed by atoms with E-state index in [0.29, 0.717) is 5.06 Å². The predicted molar refractivity (Wildman–Crippen MR) is 72.3 cm³/mol. The maximum Gasteiger partial charge on any atom is 0.334 e. The Morgan fingerprint density at radius 1 is 1.29 bits per heavy atom. The molecule has 2 N–H and O–H groups in total. The van der Waals surface area contributed by atoms with Gasteiger partial charge in [-0.1, -0.05) is 13.8 Å². The summed E-state index contributed by atoms with van der Waals surface area (Å²) in [5.41, 5.74) is 0. The summed E-state index contributed by atoms with van der Waals surface area (Å²) in [4.78, 5) is 50.3. The maximum absolute atomic E-state index is 11.7. The van der Waals surface area contributed by atoms with Crippen LogP contribution in [0.25, 0.3) is 0 Å². The molecule has 1 fully saturated rings. The zero-order valence-electron chi connectivity index (χ0n) is 12.0. The molecule has 0 spiro atoms. The van der Waals surface area contributed by atoms with Crippen LogP contribution >= 0.6 is 0 Å². The monoisotopic (exact) mass is 295 g/mol. The van der Waals surface area contributed by atoms with Crippen molar-refractivity contribution in [2.45, 2.75) is 39.2 Å². The van der Waals surface area contributed by atoms with Gasteiger partial charge >= 0.3 is 5.97 Å². The molecule has 21 heavy (non-hydrogen) atoms.